The van der Waals surface area contributed by atoms with E-state index < -0.39 is 0 Å². The standard InChI is InChI=1S/C16H8Cl2N2O/c17-10-5-6-13-9(7-10)8-14(21-13)15-11-3-1-2-4-12(11)16(18)20-19-15/h1-8H. The van der Waals surface area contributed by atoms with Gasteiger partial charge in [-0.25, -0.2) is 0 Å². The molecular weight excluding hydrogens is 307 g/mol. The van der Waals surface area contributed by atoms with E-state index in [0.29, 0.717) is 21.6 Å². The van der Waals surface area contributed by atoms with Gasteiger partial charge in [0.15, 0.2) is 10.9 Å². The van der Waals surface area contributed by atoms with E-state index in [-0.39, 0.29) is 0 Å². The molecule has 0 unspecified atom stereocenters. The fourth-order valence-corrected chi connectivity index (χ4v) is 2.77. The summed E-state index contributed by atoms with van der Waals surface area (Å²) in [4.78, 5) is 0. The van der Waals surface area contributed by atoms with Crippen molar-refractivity contribution in [2.45, 2.75) is 0 Å². The maximum atomic E-state index is 6.09. The Kier molecular flexibility index (Phi) is 2.84. The lowest BCUT2D eigenvalue weighted by atomic mass is 10.1. The zero-order valence-electron chi connectivity index (χ0n) is 10.7. The van der Waals surface area contributed by atoms with Crippen LogP contribution in [-0.2, 0) is 0 Å². The average molecular weight is 315 g/mol. The lowest BCUT2D eigenvalue weighted by Gasteiger charge is -2.03. The first-order valence-electron chi connectivity index (χ1n) is 6.33. The molecule has 4 aromatic rings. The zero-order valence-corrected chi connectivity index (χ0v) is 12.2. The number of hydrogen-bond donors (Lipinski definition) is 0. The first-order valence-corrected chi connectivity index (χ1v) is 7.08. The van der Waals surface area contributed by atoms with Crippen LogP contribution in [0.15, 0.2) is 52.9 Å². The highest BCUT2D eigenvalue weighted by Gasteiger charge is 2.13. The Bertz CT molecular complexity index is 979. The Labute approximate surface area is 130 Å². The van der Waals surface area contributed by atoms with Crippen LogP contribution in [0.1, 0.15) is 0 Å². The minimum atomic E-state index is 0.383. The molecule has 0 bridgehead atoms. The van der Waals surface area contributed by atoms with E-state index in [2.05, 4.69) is 10.2 Å². The molecule has 0 aliphatic heterocycles. The second-order valence-electron chi connectivity index (χ2n) is 4.68. The molecule has 0 atom stereocenters. The Balaban J connectivity index is 2.02. The van der Waals surface area contributed by atoms with Gasteiger partial charge in [0, 0.05) is 21.2 Å². The monoisotopic (exact) mass is 314 g/mol. The maximum Gasteiger partial charge on any atom is 0.159 e. The van der Waals surface area contributed by atoms with Crippen molar-refractivity contribution in [1.82, 2.24) is 10.2 Å². The van der Waals surface area contributed by atoms with Crippen molar-refractivity contribution in [3.05, 3.63) is 58.7 Å². The molecule has 0 radical (unpaired) electrons. The summed E-state index contributed by atoms with van der Waals surface area (Å²) < 4.78 is 5.85. The van der Waals surface area contributed by atoms with E-state index in [1.54, 1.807) is 6.07 Å². The highest BCUT2D eigenvalue weighted by molar-refractivity contribution is 6.34. The third-order valence-electron chi connectivity index (χ3n) is 3.35. The molecule has 4 rings (SSSR count). The molecule has 0 aliphatic carbocycles. The maximum absolute atomic E-state index is 6.09. The van der Waals surface area contributed by atoms with Gasteiger partial charge >= 0.3 is 0 Å². The van der Waals surface area contributed by atoms with E-state index in [1.165, 1.54) is 0 Å². The van der Waals surface area contributed by atoms with Crippen LogP contribution in [0.4, 0.5) is 0 Å². The quantitative estimate of drug-likeness (QED) is 0.475. The molecule has 2 aromatic heterocycles. The van der Waals surface area contributed by atoms with Crippen LogP contribution >= 0.6 is 23.2 Å². The lowest BCUT2D eigenvalue weighted by molar-refractivity contribution is 0.628. The van der Waals surface area contributed by atoms with Gasteiger partial charge < -0.3 is 4.42 Å². The fraction of sp³-hybridized carbons (Fsp3) is 0. The summed E-state index contributed by atoms with van der Waals surface area (Å²) in [6, 6.07) is 15.1. The van der Waals surface area contributed by atoms with Crippen molar-refractivity contribution in [3.63, 3.8) is 0 Å². The molecule has 0 amide bonds. The second kappa shape index (κ2) is 4.72. The number of fused-ring (bicyclic) bond motifs is 2. The first-order chi connectivity index (χ1) is 10.2. The number of hydrogen-bond acceptors (Lipinski definition) is 3. The van der Waals surface area contributed by atoms with Crippen LogP contribution in [0.3, 0.4) is 0 Å². The average Bonchev–Trinajstić information content (AvgIpc) is 2.90. The summed E-state index contributed by atoms with van der Waals surface area (Å²) in [5, 5.41) is 11.9. The summed E-state index contributed by atoms with van der Waals surface area (Å²) in [5.41, 5.74) is 1.43. The highest BCUT2D eigenvalue weighted by atomic mass is 35.5. The van der Waals surface area contributed by atoms with Crippen molar-refractivity contribution in [2.24, 2.45) is 0 Å². The Morgan fingerprint density at radius 2 is 1.67 bits per heavy atom. The lowest BCUT2D eigenvalue weighted by Crippen LogP contribution is -1.90. The fourth-order valence-electron chi connectivity index (χ4n) is 2.38. The number of benzene rings is 2. The van der Waals surface area contributed by atoms with Gasteiger partial charge in [-0.15, -0.1) is 10.2 Å². The summed E-state index contributed by atoms with van der Waals surface area (Å²) in [7, 11) is 0. The largest absolute Gasteiger partial charge is 0.454 e. The summed E-state index contributed by atoms with van der Waals surface area (Å²) >= 11 is 12.1. The van der Waals surface area contributed by atoms with E-state index in [9.17, 15) is 0 Å². The van der Waals surface area contributed by atoms with E-state index >= 15 is 0 Å². The van der Waals surface area contributed by atoms with E-state index in [1.807, 2.05) is 42.5 Å². The number of aromatic nitrogens is 2. The normalized spacial score (nSPS) is 11.3. The molecule has 0 saturated heterocycles. The number of nitrogens with zero attached hydrogens (tertiary/aromatic N) is 2. The number of halogens is 2. The smallest absolute Gasteiger partial charge is 0.159 e. The molecule has 0 N–H and O–H groups in total. The molecule has 2 aromatic carbocycles. The molecule has 5 heteroatoms. The van der Waals surface area contributed by atoms with Crippen molar-refractivity contribution in [1.29, 1.82) is 0 Å². The van der Waals surface area contributed by atoms with Crippen LogP contribution in [0, 0.1) is 0 Å². The van der Waals surface area contributed by atoms with E-state index in [0.717, 1.165) is 21.7 Å². The van der Waals surface area contributed by atoms with Crippen molar-refractivity contribution in [2.75, 3.05) is 0 Å². The van der Waals surface area contributed by atoms with Gasteiger partial charge in [0.1, 0.15) is 11.3 Å². The van der Waals surface area contributed by atoms with Gasteiger partial charge in [-0.05, 0) is 24.3 Å². The molecule has 0 saturated carbocycles. The van der Waals surface area contributed by atoms with Gasteiger partial charge in [0.05, 0.1) is 0 Å². The summed E-state index contributed by atoms with van der Waals surface area (Å²) in [5.74, 6) is 0.646. The summed E-state index contributed by atoms with van der Waals surface area (Å²) in [6.45, 7) is 0. The van der Waals surface area contributed by atoms with Crippen molar-refractivity contribution in [3.8, 4) is 11.5 Å². The second-order valence-corrected chi connectivity index (χ2v) is 5.47. The van der Waals surface area contributed by atoms with Gasteiger partial charge in [-0.2, -0.15) is 0 Å². The topological polar surface area (TPSA) is 38.9 Å². The Hall–Kier alpha value is -2.10. The van der Waals surface area contributed by atoms with Crippen molar-refractivity contribution >= 4 is 44.9 Å². The first kappa shape index (κ1) is 12.6. The molecule has 0 spiro atoms. The third-order valence-corrected chi connectivity index (χ3v) is 3.87. The van der Waals surface area contributed by atoms with Gasteiger partial charge in [0.25, 0.3) is 0 Å². The molecule has 0 aliphatic rings. The van der Waals surface area contributed by atoms with Gasteiger partial charge in [0.2, 0.25) is 0 Å². The van der Waals surface area contributed by atoms with Crippen LogP contribution in [0.2, 0.25) is 10.2 Å². The Morgan fingerprint density at radius 3 is 2.52 bits per heavy atom. The van der Waals surface area contributed by atoms with Crippen LogP contribution in [0.25, 0.3) is 33.2 Å². The molecule has 3 nitrogen and oxygen atoms in total. The van der Waals surface area contributed by atoms with Crippen LogP contribution in [-0.4, -0.2) is 10.2 Å². The van der Waals surface area contributed by atoms with Gasteiger partial charge in [-0.3, -0.25) is 0 Å². The predicted molar refractivity (Wildman–Crippen MR) is 84.8 cm³/mol. The zero-order chi connectivity index (χ0) is 14.4. The summed E-state index contributed by atoms with van der Waals surface area (Å²) in [6.07, 6.45) is 0. The van der Waals surface area contributed by atoms with E-state index in [4.69, 9.17) is 27.6 Å². The molecule has 0 fully saturated rings. The van der Waals surface area contributed by atoms with Gasteiger partial charge in [-0.1, -0.05) is 47.5 Å². The van der Waals surface area contributed by atoms with Crippen LogP contribution in [0.5, 0.6) is 0 Å². The minimum absolute atomic E-state index is 0.383. The molecule has 2 heterocycles. The minimum Gasteiger partial charge on any atom is -0.454 e. The Morgan fingerprint density at radius 1 is 0.857 bits per heavy atom. The van der Waals surface area contributed by atoms with Crippen LogP contribution < -0.4 is 0 Å². The number of rotatable bonds is 1. The highest BCUT2D eigenvalue weighted by Crippen LogP contribution is 2.33. The molecule has 21 heavy (non-hydrogen) atoms. The molecular formula is C16H8Cl2N2O. The van der Waals surface area contributed by atoms with Crippen molar-refractivity contribution < 1.29 is 4.42 Å². The third kappa shape index (κ3) is 2.06. The predicted octanol–water partition coefficient (Wildman–Crippen LogP) is 5.35. The molecule has 102 valence electrons. The number of furan rings is 1. The SMILES string of the molecule is Clc1ccc2oc(-c3nnc(Cl)c4ccccc34)cc2c1.